The summed E-state index contributed by atoms with van der Waals surface area (Å²) in [4.78, 5) is 10.7. The van der Waals surface area contributed by atoms with Crippen LogP contribution < -0.4 is 0 Å². The fourth-order valence-corrected chi connectivity index (χ4v) is 4.98. The third-order valence-electron chi connectivity index (χ3n) is 6.69. The minimum Gasteiger partial charge on any atom is -0.508 e. The van der Waals surface area contributed by atoms with E-state index in [9.17, 15) is 15.2 Å². The van der Waals surface area contributed by atoms with Gasteiger partial charge in [0, 0.05) is 36.2 Å². The molecule has 1 aliphatic rings. The predicted molar refractivity (Wildman–Crippen MR) is 133 cm³/mol. The molecule has 0 saturated heterocycles. The molecule has 0 amide bonds. The summed E-state index contributed by atoms with van der Waals surface area (Å²) in [5.41, 5.74) is 4.74. The molecule has 1 saturated carbocycles. The number of aliphatic carboxylic acids is 1. The second-order valence-electron chi connectivity index (χ2n) is 9.22. The molecule has 182 valence electrons. The molecular weight excluding hydrogens is 442 g/mol. The van der Waals surface area contributed by atoms with Crippen LogP contribution in [0.5, 0.6) is 5.75 Å². The molecule has 2 N–H and O–H groups in total. The number of carboxylic acids is 1. The fraction of sp³-hybridized carbons (Fsp3) is 0.393. The maximum atomic E-state index is 10.7. The number of hydrogen-bond acceptors (Lipinski definition) is 5. The topological polar surface area (TPSA) is 108 Å². The number of carboxylic acid groups (broad SMARTS) is 1. The lowest BCUT2D eigenvalue weighted by Crippen LogP contribution is -2.23. The van der Waals surface area contributed by atoms with Crippen LogP contribution in [0.4, 0.5) is 0 Å². The van der Waals surface area contributed by atoms with E-state index in [4.69, 9.17) is 14.9 Å². The molecule has 1 aliphatic carbocycles. The number of rotatable bonds is 10. The molecule has 0 spiro atoms. The van der Waals surface area contributed by atoms with Crippen molar-refractivity contribution in [2.24, 2.45) is 11.8 Å². The minimum absolute atomic E-state index is 0.198. The summed E-state index contributed by atoms with van der Waals surface area (Å²) >= 11 is 0. The van der Waals surface area contributed by atoms with Crippen molar-refractivity contribution in [1.29, 1.82) is 5.26 Å². The SMILES string of the molecule is N#CCCc1c(-c2cccc(O)c2)c(-c2ccccc2)nn1CC1CCC(COCC(=O)O)CC1. The minimum atomic E-state index is -0.931. The second-order valence-corrected chi connectivity index (χ2v) is 9.22. The van der Waals surface area contributed by atoms with Gasteiger partial charge in [-0.15, -0.1) is 0 Å². The van der Waals surface area contributed by atoms with Gasteiger partial charge < -0.3 is 14.9 Å². The van der Waals surface area contributed by atoms with Crippen molar-refractivity contribution in [2.75, 3.05) is 13.2 Å². The van der Waals surface area contributed by atoms with Gasteiger partial charge in [-0.3, -0.25) is 4.68 Å². The molecule has 1 fully saturated rings. The Morgan fingerprint density at radius 3 is 2.46 bits per heavy atom. The molecule has 3 aromatic rings. The number of nitrogens with zero attached hydrogens (tertiary/aromatic N) is 3. The molecule has 0 unspecified atom stereocenters. The van der Waals surface area contributed by atoms with Crippen molar-refractivity contribution in [1.82, 2.24) is 9.78 Å². The van der Waals surface area contributed by atoms with Crippen molar-refractivity contribution in [3.05, 3.63) is 60.3 Å². The monoisotopic (exact) mass is 473 g/mol. The number of benzene rings is 2. The van der Waals surface area contributed by atoms with Crippen LogP contribution in [0, 0.1) is 23.2 Å². The Morgan fingerprint density at radius 2 is 1.77 bits per heavy atom. The van der Waals surface area contributed by atoms with Crippen LogP contribution in [-0.2, 0) is 22.5 Å². The summed E-state index contributed by atoms with van der Waals surface area (Å²) in [6.07, 6.45) is 5.04. The molecular formula is C28H31N3O4. The number of aromatic hydroxyl groups is 1. The van der Waals surface area contributed by atoms with Gasteiger partial charge in [-0.25, -0.2) is 4.79 Å². The number of phenolic OH excluding ortho intramolecular Hbond substituents is 1. The number of carbonyl (C=O) groups is 1. The third kappa shape index (κ3) is 6.28. The second kappa shape index (κ2) is 11.7. The van der Waals surface area contributed by atoms with Gasteiger partial charge in [0.1, 0.15) is 18.1 Å². The van der Waals surface area contributed by atoms with Gasteiger partial charge in [0.2, 0.25) is 0 Å². The molecule has 1 aromatic heterocycles. The predicted octanol–water partition coefficient (Wildman–Crippen LogP) is 5.29. The summed E-state index contributed by atoms with van der Waals surface area (Å²) in [5, 5.41) is 33.3. The summed E-state index contributed by atoms with van der Waals surface area (Å²) in [6, 6.07) is 19.5. The van der Waals surface area contributed by atoms with Gasteiger partial charge in [0.15, 0.2) is 0 Å². The fourth-order valence-electron chi connectivity index (χ4n) is 4.98. The highest BCUT2D eigenvalue weighted by atomic mass is 16.5. The highest BCUT2D eigenvalue weighted by molar-refractivity contribution is 5.83. The quantitative estimate of drug-likeness (QED) is 0.414. The number of hydrogen-bond donors (Lipinski definition) is 2. The number of nitriles is 1. The smallest absolute Gasteiger partial charge is 0.329 e. The molecule has 7 heteroatoms. The van der Waals surface area contributed by atoms with E-state index in [1.165, 1.54) is 0 Å². The van der Waals surface area contributed by atoms with Crippen molar-refractivity contribution < 1.29 is 19.7 Å². The molecule has 7 nitrogen and oxygen atoms in total. The molecule has 2 aromatic carbocycles. The lowest BCUT2D eigenvalue weighted by atomic mass is 9.82. The van der Waals surface area contributed by atoms with E-state index < -0.39 is 5.97 Å². The zero-order chi connectivity index (χ0) is 24.6. The molecule has 0 bridgehead atoms. The van der Waals surface area contributed by atoms with Crippen LogP contribution in [0.3, 0.4) is 0 Å². The van der Waals surface area contributed by atoms with Crippen LogP contribution in [0.2, 0.25) is 0 Å². The molecule has 35 heavy (non-hydrogen) atoms. The molecule has 1 heterocycles. The summed E-state index contributed by atoms with van der Waals surface area (Å²) in [6.45, 7) is 1.02. The Kier molecular flexibility index (Phi) is 8.17. The van der Waals surface area contributed by atoms with Crippen LogP contribution in [0.15, 0.2) is 54.6 Å². The number of aromatic nitrogens is 2. The number of phenols is 1. The van der Waals surface area contributed by atoms with E-state index in [0.717, 1.165) is 60.3 Å². The first kappa shape index (κ1) is 24.5. The Bertz CT molecular complexity index is 1170. The Labute approximate surface area is 205 Å². The van der Waals surface area contributed by atoms with Gasteiger partial charge >= 0.3 is 5.97 Å². The normalized spacial score (nSPS) is 17.7. The highest BCUT2D eigenvalue weighted by Gasteiger charge is 2.26. The van der Waals surface area contributed by atoms with E-state index in [1.807, 2.05) is 42.5 Å². The lowest BCUT2D eigenvalue weighted by molar-refractivity contribution is -0.142. The van der Waals surface area contributed by atoms with Gasteiger partial charge in [0.25, 0.3) is 0 Å². The van der Waals surface area contributed by atoms with Gasteiger partial charge in [-0.05, 0) is 55.2 Å². The molecule has 0 aliphatic heterocycles. The van der Waals surface area contributed by atoms with Crippen molar-refractivity contribution in [2.45, 2.75) is 45.1 Å². The van der Waals surface area contributed by atoms with Crippen LogP contribution in [-0.4, -0.2) is 39.2 Å². The van der Waals surface area contributed by atoms with E-state index in [1.54, 1.807) is 12.1 Å². The first-order valence-corrected chi connectivity index (χ1v) is 12.2. The zero-order valence-corrected chi connectivity index (χ0v) is 19.8. The first-order chi connectivity index (χ1) is 17.0. The van der Waals surface area contributed by atoms with E-state index in [0.29, 0.717) is 31.3 Å². The van der Waals surface area contributed by atoms with E-state index >= 15 is 0 Å². The van der Waals surface area contributed by atoms with Gasteiger partial charge in [-0.2, -0.15) is 10.4 Å². The van der Waals surface area contributed by atoms with Crippen LogP contribution >= 0.6 is 0 Å². The van der Waals surface area contributed by atoms with Crippen LogP contribution in [0.1, 0.15) is 37.8 Å². The first-order valence-electron chi connectivity index (χ1n) is 12.2. The molecule has 0 atom stereocenters. The summed E-state index contributed by atoms with van der Waals surface area (Å²) in [5.74, 6) is 0.110. The summed E-state index contributed by atoms with van der Waals surface area (Å²) < 4.78 is 7.38. The number of ether oxygens (including phenoxy) is 1. The van der Waals surface area contributed by atoms with Crippen molar-refractivity contribution in [3.63, 3.8) is 0 Å². The highest BCUT2D eigenvalue weighted by Crippen LogP contribution is 2.38. The Morgan fingerprint density at radius 1 is 1.06 bits per heavy atom. The lowest BCUT2D eigenvalue weighted by Gasteiger charge is -2.28. The van der Waals surface area contributed by atoms with Crippen molar-refractivity contribution in [3.8, 4) is 34.2 Å². The molecule has 4 rings (SSSR count). The average Bonchev–Trinajstić information content (AvgIpc) is 3.22. The zero-order valence-electron chi connectivity index (χ0n) is 19.8. The Hall–Kier alpha value is -3.63. The third-order valence-corrected chi connectivity index (χ3v) is 6.69. The Balaban J connectivity index is 1.61. The summed E-state index contributed by atoms with van der Waals surface area (Å²) in [7, 11) is 0. The van der Waals surface area contributed by atoms with Crippen molar-refractivity contribution >= 4 is 5.97 Å². The maximum absolute atomic E-state index is 10.7. The standard InChI is InChI=1S/C28H31N3O4/c29-15-5-10-25-27(23-8-4-9-24(32)16-23)28(22-6-2-1-3-7-22)30-31(25)17-20-11-13-21(14-12-20)18-35-19-26(33)34/h1-4,6-9,16,20-21,32H,5,10-14,17-19H2,(H,33,34). The van der Waals surface area contributed by atoms with Crippen LogP contribution in [0.25, 0.3) is 22.4 Å². The largest absolute Gasteiger partial charge is 0.508 e. The average molecular weight is 474 g/mol. The van der Waals surface area contributed by atoms with E-state index in [2.05, 4.69) is 10.8 Å². The van der Waals surface area contributed by atoms with Gasteiger partial charge in [0.05, 0.1) is 12.7 Å². The van der Waals surface area contributed by atoms with Gasteiger partial charge in [-0.1, -0.05) is 42.5 Å². The van der Waals surface area contributed by atoms with E-state index in [-0.39, 0.29) is 12.4 Å². The maximum Gasteiger partial charge on any atom is 0.329 e. The molecule has 0 radical (unpaired) electrons.